The summed E-state index contributed by atoms with van der Waals surface area (Å²) in [4.78, 5) is 33.5. The Hall–Kier alpha value is -3.42. The highest BCUT2D eigenvalue weighted by Crippen LogP contribution is 2.22. The smallest absolute Gasteiger partial charge is 0.274 e. The first-order chi connectivity index (χ1) is 14.1. The highest BCUT2D eigenvalue weighted by atomic mass is 16.2. The number of imidazole rings is 1. The molecule has 0 bridgehead atoms. The van der Waals surface area contributed by atoms with Crippen LogP contribution in [0.4, 0.5) is 0 Å². The Morgan fingerprint density at radius 2 is 1.69 bits per heavy atom. The number of nitrogens with zero attached hydrogens (tertiary/aromatic N) is 6. The second-order valence-electron chi connectivity index (χ2n) is 7.64. The normalized spacial score (nSPS) is 15.8. The van der Waals surface area contributed by atoms with Gasteiger partial charge >= 0.3 is 0 Å². The summed E-state index contributed by atoms with van der Waals surface area (Å²) >= 11 is 0. The Labute approximate surface area is 168 Å². The van der Waals surface area contributed by atoms with Crippen molar-refractivity contribution in [2.75, 3.05) is 13.1 Å². The number of carbonyl (C=O) groups is 2. The second kappa shape index (κ2) is 6.88. The van der Waals surface area contributed by atoms with E-state index in [1.807, 2.05) is 34.8 Å². The van der Waals surface area contributed by atoms with E-state index >= 15 is 0 Å². The molecule has 0 unspecified atom stereocenters. The molecule has 0 atom stereocenters. The maximum atomic E-state index is 13.0. The molecule has 29 heavy (non-hydrogen) atoms. The fourth-order valence-corrected chi connectivity index (χ4v) is 4.06. The van der Waals surface area contributed by atoms with Crippen molar-refractivity contribution in [3.8, 4) is 0 Å². The zero-order valence-electron chi connectivity index (χ0n) is 16.3. The van der Waals surface area contributed by atoms with Crippen LogP contribution in [0.1, 0.15) is 37.8 Å². The van der Waals surface area contributed by atoms with Gasteiger partial charge in [0.25, 0.3) is 11.8 Å². The molecule has 0 spiro atoms. The van der Waals surface area contributed by atoms with E-state index in [9.17, 15) is 9.59 Å². The summed E-state index contributed by atoms with van der Waals surface area (Å²) in [5.74, 6) is -0.150. The van der Waals surface area contributed by atoms with Crippen molar-refractivity contribution in [1.29, 1.82) is 0 Å². The van der Waals surface area contributed by atoms with E-state index < -0.39 is 0 Å². The first-order valence-corrected chi connectivity index (χ1v) is 9.78. The Kier molecular flexibility index (Phi) is 4.19. The largest absolute Gasteiger partial charge is 0.340 e. The minimum atomic E-state index is -0.0986. The number of hydrogen-bond donors (Lipinski definition) is 0. The van der Waals surface area contributed by atoms with Gasteiger partial charge in [0, 0.05) is 32.9 Å². The van der Waals surface area contributed by atoms with Crippen molar-refractivity contribution in [3.05, 3.63) is 71.1 Å². The molecule has 1 aromatic carbocycles. The third-order valence-electron chi connectivity index (χ3n) is 5.65. The molecular weight excluding hydrogens is 368 g/mol. The fraction of sp³-hybridized carbons (Fsp3) is 0.333. The van der Waals surface area contributed by atoms with Crippen LogP contribution < -0.4 is 0 Å². The van der Waals surface area contributed by atoms with E-state index in [-0.39, 0.29) is 11.8 Å². The van der Waals surface area contributed by atoms with Crippen LogP contribution in [0.25, 0.3) is 0 Å². The lowest BCUT2D eigenvalue weighted by Crippen LogP contribution is -2.38. The first-order valence-electron chi connectivity index (χ1n) is 9.78. The number of rotatable bonds is 2. The number of hydrogen-bond acceptors (Lipinski definition) is 4. The molecule has 8 nitrogen and oxygen atoms in total. The van der Waals surface area contributed by atoms with Gasteiger partial charge in [-0.15, -0.1) is 0 Å². The van der Waals surface area contributed by atoms with Gasteiger partial charge in [0.05, 0.1) is 25.1 Å². The summed E-state index contributed by atoms with van der Waals surface area (Å²) in [6.07, 6.45) is 4.20. The van der Waals surface area contributed by atoms with Crippen molar-refractivity contribution in [2.24, 2.45) is 7.05 Å². The molecule has 0 radical (unpaired) electrons. The van der Waals surface area contributed by atoms with Gasteiger partial charge in [0.2, 0.25) is 0 Å². The van der Waals surface area contributed by atoms with Crippen molar-refractivity contribution in [2.45, 2.75) is 26.1 Å². The molecule has 8 heteroatoms. The SMILES string of the molecule is Cn1cnc(C(=O)N2CCn3nc(C(=O)N4CCc5ccccc5C4)cc3C2)c1. The minimum Gasteiger partial charge on any atom is -0.340 e. The zero-order chi connectivity index (χ0) is 20.0. The lowest BCUT2D eigenvalue weighted by atomic mass is 10.00. The minimum absolute atomic E-state index is 0.0518. The molecule has 2 aliphatic heterocycles. The Bertz CT molecular complexity index is 1100. The third kappa shape index (κ3) is 3.20. The number of benzene rings is 1. The fourth-order valence-electron chi connectivity index (χ4n) is 4.06. The monoisotopic (exact) mass is 390 g/mol. The van der Waals surface area contributed by atoms with E-state index in [1.54, 1.807) is 22.0 Å². The average molecular weight is 390 g/mol. The maximum Gasteiger partial charge on any atom is 0.274 e. The quantitative estimate of drug-likeness (QED) is 0.664. The summed E-state index contributed by atoms with van der Waals surface area (Å²) in [6.45, 7) is 2.86. The topological polar surface area (TPSA) is 76.3 Å². The average Bonchev–Trinajstić information content (AvgIpc) is 3.38. The molecule has 0 saturated carbocycles. The maximum absolute atomic E-state index is 13.0. The van der Waals surface area contributed by atoms with Crippen LogP contribution in [0.5, 0.6) is 0 Å². The van der Waals surface area contributed by atoms with Gasteiger partial charge in [0.15, 0.2) is 5.69 Å². The van der Waals surface area contributed by atoms with Crippen LogP contribution in [-0.4, -0.2) is 54.0 Å². The summed E-state index contributed by atoms with van der Waals surface area (Å²) < 4.78 is 3.60. The molecule has 0 aliphatic carbocycles. The van der Waals surface area contributed by atoms with Crippen LogP contribution >= 0.6 is 0 Å². The predicted octanol–water partition coefficient (Wildman–Crippen LogP) is 1.47. The Balaban J connectivity index is 1.32. The van der Waals surface area contributed by atoms with Gasteiger partial charge in [-0.1, -0.05) is 24.3 Å². The number of aryl methyl sites for hydroxylation is 1. The van der Waals surface area contributed by atoms with Crippen molar-refractivity contribution in [1.82, 2.24) is 29.1 Å². The predicted molar refractivity (Wildman–Crippen MR) is 105 cm³/mol. The third-order valence-corrected chi connectivity index (χ3v) is 5.65. The number of amides is 2. The van der Waals surface area contributed by atoms with Crippen LogP contribution in [0.3, 0.4) is 0 Å². The van der Waals surface area contributed by atoms with E-state index in [4.69, 9.17) is 0 Å². The zero-order valence-corrected chi connectivity index (χ0v) is 16.3. The lowest BCUT2D eigenvalue weighted by Gasteiger charge is -2.28. The van der Waals surface area contributed by atoms with Crippen LogP contribution in [0, 0.1) is 0 Å². The molecule has 4 heterocycles. The van der Waals surface area contributed by atoms with Gasteiger partial charge in [-0.3, -0.25) is 14.3 Å². The highest BCUT2D eigenvalue weighted by Gasteiger charge is 2.28. The van der Waals surface area contributed by atoms with E-state index in [0.29, 0.717) is 44.1 Å². The number of aromatic nitrogens is 4. The molecule has 2 amide bonds. The molecule has 5 rings (SSSR count). The summed E-state index contributed by atoms with van der Waals surface area (Å²) in [5, 5.41) is 4.52. The van der Waals surface area contributed by atoms with Gasteiger partial charge in [-0.25, -0.2) is 4.98 Å². The molecular formula is C21H22N6O2. The van der Waals surface area contributed by atoms with E-state index in [0.717, 1.165) is 12.1 Å². The van der Waals surface area contributed by atoms with Crippen molar-refractivity contribution in [3.63, 3.8) is 0 Å². The molecule has 0 N–H and O–H groups in total. The van der Waals surface area contributed by atoms with Crippen molar-refractivity contribution >= 4 is 11.8 Å². The molecule has 3 aromatic rings. The Morgan fingerprint density at radius 1 is 0.931 bits per heavy atom. The molecule has 2 aliphatic rings. The number of carbonyl (C=O) groups excluding carboxylic acids is 2. The summed E-state index contributed by atoms with van der Waals surface area (Å²) in [7, 11) is 1.84. The van der Waals surface area contributed by atoms with Gasteiger partial charge < -0.3 is 14.4 Å². The van der Waals surface area contributed by atoms with Gasteiger partial charge in [0.1, 0.15) is 5.69 Å². The molecule has 2 aromatic heterocycles. The summed E-state index contributed by atoms with van der Waals surface area (Å²) in [6, 6.07) is 10.1. The van der Waals surface area contributed by atoms with E-state index in [2.05, 4.69) is 22.2 Å². The molecule has 148 valence electrons. The lowest BCUT2D eigenvalue weighted by molar-refractivity contribution is 0.0694. The van der Waals surface area contributed by atoms with Crippen molar-refractivity contribution < 1.29 is 9.59 Å². The Morgan fingerprint density at radius 3 is 2.48 bits per heavy atom. The highest BCUT2D eigenvalue weighted by molar-refractivity contribution is 5.93. The van der Waals surface area contributed by atoms with Crippen LogP contribution in [0.15, 0.2) is 42.9 Å². The van der Waals surface area contributed by atoms with E-state index in [1.165, 1.54) is 11.1 Å². The first kappa shape index (κ1) is 17.7. The second-order valence-corrected chi connectivity index (χ2v) is 7.64. The van der Waals surface area contributed by atoms with Crippen LogP contribution in [-0.2, 0) is 33.1 Å². The van der Waals surface area contributed by atoms with Crippen LogP contribution in [0.2, 0.25) is 0 Å². The standard InChI is InChI=1S/C21H22N6O2/c1-24-13-19(22-14-24)21(29)26-8-9-27-17(12-26)10-18(23-27)20(28)25-7-6-15-4-2-3-5-16(15)11-25/h2-5,10,13-14H,6-9,11-12H2,1H3. The van der Waals surface area contributed by atoms with Gasteiger partial charge in [-0.05, 0) is 23.6 Å². The molecule has 0 saturated heterocycles. The van der Waals surface area contributed by atoms with Gasteiger partial charge in [-0.2, -0.15) is 5.10 Å². The summed E-state index contributed by atoms with van der Waals surface area (Å²) in [5.41, 5.74) is 4.27. The molecule has 0 fully saturated rings. The number of fused-ring (bicyclic) bond motifs is 2.